The predicted molar refractivity (Wildman–Crippen MR) is 80.5 cm³/mol. The molecule has 0 atom stereocenters. The van der Waals surface area contributed by atoms with Gasteiger partial charge in [0.2, 0.25) is 5.03 Å². The number of hydrogen-bond acceptors (Lipinski definition) is 4. The zero-order valence-corrected chi connectivity index (χ0v) is 12.8. The van der Waals surface area contributed by atoms with Gasteiger partial charge in [-0.2, -0.15) is 8.42 Å². The summed E-state index contributed by atoms with van der Waals surface area (Å²) in [6.07, 6.45) is 1.24. The maximum absolute atomic E-state index is 13.6. The minimum atomic E-state index is -4.05. The van der Waals surface area contributed by atoms with Gasteiger partial charge >= 0.3 is 0 Å². The van der Waals surface area contributed by atoms with E-state index >= 15 is 0 Å². The Balaban J connectivity index is 2.36. The van der Waals surface area contributed by atoms with E-state index in [2.05, 4.69) is 9.71 Å². The lowest BCUT2D eigenvalue weighted by Gasteiger charge is -2.16. The lowest BCUT2D eigenvalue weighted by atomic mass is 10.2. The van der Waals surface area contributed by atoms with Crippen LogP contribution in [0.4, 0.5) is 15.8 Å². The van der Waals surface area contributed by atoms with E-state index in [4.69, 9.17) is 0 Å². The minimum absolute atomic E-state index is 0.394. The molecule has 2 rings (SSSR count). The van der Waals surface area contributed by atoms with Crippen LogP contribution in [0.5, 0.6) is 0 Å². The zero-order chi connectivity index (χ0) is 15.6. The Labute approximate surface area is 123 Å². The summed E-state index contributed by atoms with van der Waals surface area (Å²) in [4.78, 5) is 5.49. The molecular formula is C14H16FN3O2S. The van der Waals surface area contributed by atoms with Crippen molar-refractivity contribution >= 4 is 21.4 Å². The fourth-order valence-electron chi connectivity index (χ4n) is 1.80. The van der Waals surface area contributed by atoms with Crippen molar-refractivity contribution in [3.63, 3.8) is 0 Å². The minimum Gasteiger partial charge on any atom is -0.378 e. The fraction of sp³-hybridized carbons (Fsp3) is 0.214. The molecule has 0 unspecified atom stereocenters. The normalized spacial score (nSPS) is 11.2. The molecule has 0 spiro atoms. The van der Waals surface area contributed by atoms with Crippen molar-refractivity contribution in [2.24, 2.45) is 0 Å². The zero-order valence-electron chi connectivity index (χ0n) is 12.0. The molecule has 0 fully saturated rings. The van der Waals surface area contributed by atoms with Crippen LogP contribution in [0.2, 0.25) is 0 Å². The van der Waals surface area contributed by atoms with E-state index in [0.717, 1.165) is 17.3 Å². The maximum atomic E-state index is 13.6. The van der Waals surface area contributed by atoms with Crippen molar-refractivity contribution in [3.05, 3.63) is 47.9 Å². The molecule has 1 heterocycles. The van der Waals surface area contributed by atoms with Crippen LogP contribution in [0.1, 0.15) is 5.56 Å². The Morgan fingerprint density at radius 3 is 2.52 bits per heavy atom. The number of hydrogen-bond donors (Lipinski definition) is 1. The van der Waals surface area contributed by atoms with Crippen molar-refractivity contribution < 1.29 is 12.8 Å². The molecule has 0 saturated heterocycles. The number of pyridine rings is 1. The number of nitrogens with one attached hydrogen (secondary N) is 1. The van der Waals surface area contributed by atoms with E-state index in [1.807, 2.05) is 25.1 Å². The molecule has 1 aromatic heterocycles. The first kappa shape index (κ1) is 15.2. The summed E-state index contributed by atoms with van der Waals surface area (Å²) in [6.45, 7) is 1.78. The number of aromatic nitrogens is 1. The van der Waals surface area contributed by atoms with Crippen molar-refractivity contribution in [1.82, 2.24) is 4.98 Å². The molecule has 21 heavy (non-hydrogen) atoms. The number of nitrogens with zero attached hydrogens (tertiary/aromatic N) is 2. The number of anilines is 2. The van der Waals surface area contributed by atoms with Gasteiger partial charge in [0.05, 0.1) is 5.69 Å². The smallest absolute Gasteiger partial charge is 0.282 e. The molecule has 1 N–H and O–H groups in total. The molecule has 112 valence electrons. The first-order valence-electron chi connectivity index (χ1n) is 6.22. The Kier molecular flexibility index (Phi) is 4.13. The van der Waals surface area contributed by atoms with Crippen molar-refractivity contribution in [1.29, 1.82) is 0 Å². The van der Waals surface area contributed by atoms with Crippen LogP contribution < -0.4 is 9.62 Å². The summed E-state index contributed by atoms with van der Waals surface area (Å²) in [5.74, 6) is -0.882. The van der Waals surface area contributed by atoms with Crippen LogP contribution in [-0.4, -0.2) is 27.5 Å². The van der Waals surface area contributed by atoms with Gasteiger partial charge < -0.3 is 4.90 Å². The van der Waals surface area contributed by atoms with Gasteiger partial charge in [-0.1, -0.05) is 0 Å². The van der Waals surface area contributed by atoms with Crippen LogP contribution in [0.3, 0.4) is 0 Å². The monoisotopic (exact) mass is 309 g/mol. The van der Waals surface area contributed by atoms with Gasteiger partial charge in [-0.25, -0.2) is 9.37 Å². The van der Waals surface area contributed by atoms with Crippen molar-refractivity contribution in [2.45, 2.75) is 11.9 Å². The number of sulfonamides is 1. The number of benzene rings is 1. The predicted octanol–water partition coefficient (Wildman–Crippen LogP) is 2.40. The molecule has 0 aliphatic heterocycles. The summed E-state index contributed by atoms with van der Waals surface area (Å²) in [7, 11) is -0.268. The van der Waals surface area contributed by atoms with E-state index in [0.29, 0.717) is 5.69 Å². The molecule has 7 heteroatoms. The molecule has 0 aliphatic rings. The average Bonchev–Trinajstić information content (AvgIpc) is 2.41. The summed E-state index contributed by atoms with van der Waals surface area (Å²) in [6, 6.07) is 7.66. The second-order valence-corrected chi connectivity index (χ2v) is 6.39. The molecule has 0 aliphatic carbocycles. The highest BCUT2D eigenvalue weighted by Gasteiger charge is 2.21. The van der Waals surface area contributed by atoms with Gasteiger partial charge in [-0.05, 0) is 42.8 Å². The summed E-state index contributed by atoms with van der Waals surface area (Å²) >= 11 is 0. The molecule has 0 saturated carbocycles. The second kappa shape index (κ2) is 5.69. The van der Waals surface area contributed by atoms with Gasteiger partial charge in [-0.3, -0.25) is 4.72 Å². The summed E-state index contributed by atoms with van der Waals surface area (Å²) in [5, 5.41) is -0.610. The molecule has 0 bridgehead atoms. The summed E-state index contributed by atoms with van der Waals surface area (Å²) < 4.78 is 40.3. The molecule has 1 aromatic carbocycles. The van der Waals surface area contributed by atoms with E-state index in [1.54, 1.807) is 19.1 Å². The lowest BCUT2D eigenvalue weighted by Crippen LogP contribution is -2.17. The Bertz CT molecular complexity index is 761. The fourth-order valence-corrected chi connectivity index (χ4v) is 2.94. The molecule has 0 amide bonds. The molecule has 0 radical (unpaired) electrons. The maximum Gasteiger partial charge on any atom is 0.282 e. The lowest BCUT2D eigenvalue weighted by molar-refractivity contribution is 0.557. The van der Waals surface area contributed by atoms with Gasteiger partial charge in [0.15, 0.2) is 5.82 Å². The van der Waals surface area contributed by atoms with Gasteiger partial charge in [0.1, 0.15) is 0 Å². The van der Waals surface area contributed by atoms with Gasteiger partial charge in [-0.15, -0.1) is 0 Å². The number of aryl methyl sites for hydroxylation is 1. The third-order valence-electron chi connectivity index (χ3n) is 2.95. The third kappa shape index (κ3) is 3.30. The van der Waals surface area contributed by atoms with E-state index in [-0.39, 0.29) is 0 Å². The first-order chi connectivity index (χ1) is 9.81. The van der Waals surface area contributed by atoms with Gasteiger partial charge in [0.25, 0.3) is 10.0 Å². The summed E-state index contributed by atoms with van der Waals surface area (Å²) in [5.41, 5.74) is 2.08. The SMILES string of the molecule is Cc1cc(N(C)C)ccc1NS(=O)(=O)c1ncccc1F. The average molecular weight is 309 g/mol. The van der Waals surface area contributed by atoms with E-state index < -0.39 is 20.9 Å². The standard InChI is InChI=1S/C14H16FN3O2S/c1-10-9-11(18(2)3)6-7-13(10)17-21(19,20)14-12(15)5-4-8-16-14/h4-9,17H,1-3H3. The van der Waals surface area contributed by atoms with Crippen LogP contribution >= 0.6 is 0 Å². The third-order valence-corrected chi connectivity index (χ3v) is 4.25. The van der Waals surface area contributed by atoms with Crippen molar-refractivity contribution in [2.75, 3.05) is 23.7 Å². The number of halogens is 1. The van der Waals surface area contributed by atoms with Crippen LogP contribution in [0.25, 0.3) is 0 Å². The molecule has 2 aromatic rings. The second-order valence-electron chi connectivity index (χ2n) is 4.79. The molecule has 5 nitrogen and oxygen atoms in total. The topological polar surface area (TPSA) is 62.3 Å². The van der Waals surface area contributed by atoms with Gasteiger partial charge in [0, 0.05) is 26.0 Å². The highest BCUT2D eigenvalue weighted by atomic mass is 32.2. The van der Waals surface area contributed by atoms with Crippen LogP contribution in [-0.2, 0) is 10.0 Å². The Morgan fingerprint density at radius 1 is 1.24 bits per heavy atom. The van der Waals surface area contributed by atoms with E-state index in [9.17, 15) is 12.8 Å². The Morgan fingerprint density at radius 2 is 1.95 bits per heavy atom. The van der Waals surface area contributed by atoms with Crippen LogP contribution in [0, 0.1) is 12.7 Å². The largest absolute Gasteiger partial charge is 0.378 e. The van der Waals surface area contributed by atoms with Crippen molar-refractivity contribution in [3.8, 4) is 0 Å². The highest BCUT2D eigenvalue weighted by Crippen LogP contribution is 2.24. The van der Waals surface area contributed by atoms with E-state index in [1.165, 1.54) is 12.3 Å². The Hall–Kier alpha value is -2.15. The number of rotatable bonds is 4. The highest BCUT2D eigenvalue weighted by molar-refractivity contribution is 7.92. The first-order valence-corrected chi connectivity index (χ1v) is 7.71. The van der Waals surface area contributed by atoms with Crippen LogP contribution in [0.15, 0.2) is 41.6 Å². The molecular weight excluding hydrogens is 293 g/mol. The quantitative estimate of drug-likeness (QED) is 0.942.